The van der Waals surface area contributed by atoms with Crippen LogP contribution in [-0.4, -0.2) is 34.9 Å². The highest BCUT2D eigenvalue weighted by Gasteiger charge is 2.34. The molecule has 0 amide bonds. The number of carbonyl (C=O) groups is 1. The number of hydrogen-bond donors (Lipinski definition) is 0. The summed E-state index contributed by atoms with van der Waals surface area (Å²) >= 11 is 14.0. The van der Waals surface area contributed by atoms with Gasteiger partial charge in [0.25, 0.3) is 5.56 Å². The molecule has 0 fully saturated rings. The summed E-state index contributed by atoms with van der Waals surface area (Å²) in [4.78, 5) is 33.1. The van der Waals surface area contributed by atoms with Gasteiger partial charge < -0.3 is 18.8 Å². The van der Waals surface area contributed by atoms with Crippen LogP contribution in [0.5, 0.6) is 11.5 Å². The first-order valence-electron chi connectivity index (χ1n) is 15.8. The van der Waals surface area contributed by atoms with Gasteiger partial charge in [0.05, 0.1) is 41.7 Å². The van der Waals surface area contributed by atoms with Crippen LogP contribution in [0.2, 0.25) is 10.0 Å². The normalized spacial score (nSPS) is 14.6. The molecule has 3 aromatic carbocycles. The number of carbonyl (C=O) groups excluding carboxylic acids is 1. The van der Waals surface area contributed by atoms with E-state index in [0.29, 0.717) is 67.5 Å². The second kappa shape index (κ2) is 14.0. The van der Waals surface area contributed by atoms with Gasteiger partial charge in [-0.15, -0.1) is 0 Å². The van der Waals surface area contributed by atoms with Crippen molar-refractivity contribution in [2.45, 2.75) is 47.2 Å². The second-order valence-corrected chi connectivity index (χ2v) is 13.1. The van der Waals surface area contributed by atoms with E-state index in [1.165, 1.54) is 11.3 Å². The van der Waals surface area contributed by atoms with Crippen molar-refractivity contribution in [3.63, 3.8) is 0 Å². The molecular weight excluding hydrogens is 669 g/mol. The van der Waals surface area contributed by atoms with Crippen molar-refractivity contribution in [3.8, 4) is 11.5 Å². The zero-order chi connectivity index (χ0) is 34.1. The van der Waals surface area contributed by atoms with Crippen LogP contribution in [0, 0.1) is 6.92 Å². The Morgan fingerprint density at radius 3 is 2.44 bits per heavy atom. The number of thiazole rings is 1. The lowest BCUT2D eigenvalue weighted by atomic mass is 9.95. The fourth-order valence-corrected chi connectivity index (χ4v) is 7.64. The molecule has 0 saturated heterocycles. The number of aromatic nitrogens is 2. The van der Waals surface area contributed by atoms with Crippen molar-refractivity contribution >= 4 is 57.5 Å². The van der Waals surface area contributed by atoms with E-state index in [9.17, 15) is 9.59 Å². The fourth-order valence-electron chi connectivity index (χ4n) is 6.14. The molecule has 0 unspecified atom stereocenters. The lowest BCUT2D eigenvalue weighted by molar-refractivity contribution is -0.139. The number of fused-ring (bicyclic) bond motifs is 2. The predicted octanol–water partition coefficient (Wildman–Crippen LogP) is 7.21. The maximum atomic E-state index is 14.5. The van der Waals surface area contributed by atoms with Gasteiger partial charge in [0, 0.05) is 38.8 Å². The lowest BCUT2D eigenvalue weighted by Gasteiger charge is -2.25. The van der Waals surface area contributed by atoms with Crippen molar-refractivity contribution in [2.24, 2.45) is 4.99 Å². The molecule has 0 N–H and O–H groups in total. The third kappa shape index (κ3) is 6.18. The Hall–Kier alpha value is -4.31. The van der Waals surface area contributed by atoms with Crippen molar-refractivity contribution < 1.29 is 19.0 Å². The minimum Gasteiger partial charge on any atom is -0.490 e. The van der Waals surface area contributed by atoms with Crippen molar-refractivity contribution in [1.82, 2.24) is 9.13 Å². The number of esters is 1. The molecule has 6 rings (SSSR count). The third-order valence-corrected chi connectivity index (χ3v) is 9.87. The Bertz CT molecular complexity index is 2270. The largest absolute Gasteiger partial charge is 0.490 e. The third-order valence-electron chi connectivity index (χ3n) is 8.30. The number of para-hydroxylation sites is 1. The summed E-state index contributed by atoms with van der Waals surface area (Å²) < 4.78 is 21.5. The summed E-state index contributed by atoms with van der Waals surface area (Å²) in [6.45, 7) is 10.9. The Balaban J connectivity index is 1.54. The SMILES string of the molecule is CCOC(=O)C1=C(C)N=c2s/c(=C\c3c(C)n(Cc4ccc(Cl)cc4Cl)c4ccccc34)c(=O)n2[C@H]1c1ccc(OCC)c(OCC)c1. The maximum Gasteiger partial charge on any atom is 0.338 e. The maximum absolute atomic E-state index is 14.5. The van der Waals surface area contributed by atoms with E-state index >= 15 is 0 Å². The highest BCUT2D eigenvalue weighted by Crippen LogP contribution is 2.37. The molecule has 0 aliphatic carbocycles. The Morgan fingerprint density at radius 1 is 0.958 bits per heavy atom. The number of ether oxygens (including phenoxy) is 3. The number of nitrogens with zero attached hydrogens (tertiary/aromatic N) is 3. The summed E-state index contributed by atoms with van der Waals surface area (Å²) in [5.41, 5.74) is 5.04. The van der Waals surface area contributed by atoms with Gasteiger partial charge in [-0.25, -0.2) is 9.79 Å². The summed E-state index contributed by atoms with van der Waals surface area (Å²) in [5.74, 6) is 0.589. The summed E-state index contributed by atoms with van der Waals surface area (Å²) in [7, 11) is 0. The molecule has 2 aromatic heterocycles. The molecule has 0 saturated carbocycles. The molecule has 1 aliphatic rings. The highest BCUT2D eigenvalue weighted by molar-refractivity contribution is 7.07. The van der Waals surface area contributed by atoms with Gasteiger partial charge in [0.2, 0.25) is 0 Å². The van der Waals surface area contributed by atoms with E-state index in [2.05, 4.69) is 10.6 Å². The van der Waals surface area contributed by atoms with Gasteiger partial charge in [0.15, 0.2) is 16.3 Å². The molecule has 0 bridgehead atoms. The molecule has 8 nitrogen and oxygen atoms in total. The van der Waals surface area contributed by atoms with Gasteiger partial charge in [-0.2, -0.15) is 0 Å². The smallest absolute Gasteiger partial charge is 0.338 e. The average Bonchev–Trinajstić information content (AvgIpc) is 3.51. The predicted molar refractivity (Wildman–Crippen MR) is 191 cm³/mol. The summed E-state index contributed by atoms with van der Waals surface area (Å²) in [5, 5.41) is 2.16. The van der Waals surface area contributed by atoms with Crippen LogP contribution >= 0.6 is 34.5 Å². The van der Waals surface area contributed by atoms with Crippen molar-refractivity contribution in [2.75, 3.05) is 19.8 Å². The Morgan fingerprint density at radius 2 is 1.71 bits per heavy atom. The number of rotatable bonds is 10. The van der Waals surface area contributed by atoms with Crippen LogP contribution in [0.1, 0.15) is 56.1 Å². The van der Waals surface area contributed by atoms with Gasteiger partial charge in [-0.05, 0) is 82.2 Å². The molecule has 3 heterocycles. The van der Waals surface area contributed by atoms with Crippen LogP contribution in [0.25, 0.3) is 17.0 Å². The Labute approximate surface area is 292 Å². The van der Waals surface area contributed by atoms with Gasteiger partial charge in [-0.3, -0.25) is 9.36 Å². The van der Waals surface area contributed by atoms with Crippen molar-refractivity contribution in [3.05, 3.63) is 124 Å². The van der Waals surface area contributed by atoms with E-state index < -0.39 is 12.0 Å². The monoisotopic (exact) mass is 703 g/mol. The molecule has 248 valence electrons. The van der Waals surface area contributed by atoms with Crippen LogP contribution in [0.4, 0.5) is 0 Å². The van der Waals surface area contributed by atoms with Crippen LogP contribution in [0.3, 0.4) is 0 Å². The van der Waals surface area contributed by atoms with E-state index in [1.807, 2.05) is 75.4 Å². The summed E-state index contributed by atoms with van der Waals surface area (Å²) in [6, 6.07) is 18.3. The average molecular weight is 705 g/mol. The molecule has 1 aliphatic heterocycles. The van der Waals surface area contributed by atoms with Crippen LogP contribution < -0.4 is 24.4 Å². The van der Waals surface area contributed by atoms with E-state index in [-0.39, 0.29) is 12.2 Å². The van der Waals surface area contributed by atoms with Gasteiger partial charge in [0.1, 0.15) is 0 Å². The van der Waals surface area contributed by atoms with E-state index in [4.69, 9.17) is 42.4 Å². The van der Waals surface area contributed by atoms with Crippen LogP contribution in [0.15, 0.2) is 81.7 Å². The minimum atomic E-state index is -0.785. The molecule has 0 radical (unpaired) electrons. The van der Waals surface area contributed by atoms with Crippen LogP contribution in [-0.2, 0) is 16.1 Å². The second-order valence-electron chi connectivity index (χ2n) is 11.2. The molecule has 0 spiro atoms. The molecule has 48 heavy (non-hydrogen) atoms. The van der Waals surface area contributed by atoms with Gasteiger partial charge in [-0.1, -0.05) is 64.9 Å². The first kappa shape index (κ1) is 33.6. The Kier molecular flexibility index (Phi) is 9.83. The minimum absolute atomic E-state index is 0.185. The van der Waals surface area contributed by atoms with E-state index in [0.717, 1.165) is 27.7 Å². The quantitative estimate of drug-likeness (QED) is 0.144. The number of benzene rings is 3. The fraction of sp³-hybridized carbons (Fsp3) is 0.270. The zero-order valence-corrected chi connectivity index (χ0v) is 29.6. The van der Waals surface area contributed by atoms with Gasteiger partial charge >= 0.3 is 5.97 Å². The first-order valence-corrected chi connectivity index (χ1v) is 17.3. The zero-order valence-electron chi connectivity index (χ0n) is 27.3. The molecular formula is C37H35Cl2N3O5S. The summed E-state index contributed by atoms with van der Waals surface area (Å²) in [6.07, 6.45) is 1.92. The number of allylic oxidation sites excluding steroid dienone is 1. The highest BCUT2D eigenvalue weighted by atomic mass is 35.5. The molecule has 11 heteroatoms. The number of halogens is 2. The first-order chi connectivity index (χ1) is 23.2. The molecule has 5 aromatic rings. The van der Waals surface area contributed by atoms with E-state index in [1.54, 1.807) is 24.5 Å². The van der Waals surface area contributed by atoms with Crippen molar-refractivity contribution in [1.29, 1.82) is 0 Å². The number of hydrogen-bond acceptors (Lipinski definition) is 7. The topological polar surface area (TPSA) is 84.1 Å². The standard InChI is InChI=1S/C37H35Cl2N3O5S/c1-6-45-30-16-14-23(17-31(30)46-7-2)34-33(36(44)47-8-3)21(4)40-37-42(34)35(43)32(48-37)19-27-22(5)41(29-12-10-9-11-26(27)29)20-24-13-15-25(38)18-28(24)39/h9-19,34H,6-8,20H2,1-5H3/b32-19-/t34-/m0/s1. The molecule has 1 atom stereocenters. The lowest BCUT2D eigenvalue weighted by Crippen LogP contribution is -2.40.